The zero-order valence-electron chi connectivity index (χ0n) is 10.3. The van der Waals surface area contributed by atoms with E-state index >= 15 is 0 Å². The summed E-state index contributed by atoms with van der Waals surface area (Å²) in [4.78, 5) is 4.20. The molecule has 1 fully saturated rings. The molecule has 1 aromatic heterocycles. The van der Waals surface area contributed by atoms with Crippen LogP contribution in [0.3, 0.4) is 0 Å². The molecule has 1 N–H and O–H groups in total. The van der Waals surface area contributed by atoms with Gasteiger partial charge in [0.2, 0.25) is 0 Å². The van der Waals surface area contributed by atoms with Crippen LogP contribution in [0.2, 0.25) is 0 Å². The van der Waals surface area contributed by atoms with E-state index in [2.05, 4.69) is 22.3 Å². The first-order chi connectivity index (χ1) is 7.74. The van der Waals surface area contributed by atoms with Gasteiger partial charge in [0.05, 0.1) is 6.54 Å². The topological polar surface area (TPSA) is 42.7 Å². The zero-order chi connectivity index (χ0) is 11.4. The summed E-state index contributed by atoms with van der Waals surface area (Å²) in [6.07, 6.45) is 7.30. The van der Waals surface area contributed by atoms with Crippen LogP contribution in [0.25, 0.3) is 0 Å². The molecule has 0 aliphatic heterocycles. The molecule has 2 rings (SSSR count). The Morgan fingerprint density at radius 2 is 2.12 bits per heavy atom. The Morgan fingerprint density at radius 3 is 2.75 bits per heavy atom. The molecule has 0 unspecified atom stereocenters. The van der Waals surface area contributed by atoms with Crippen molar-refractivity contribution in [2.75, 3.05) is 6.54 Å². The molecule has 1 heterocycles. The van der Waals surface area contributed by atoms with Gasteiger partial charge < -0.3 is 5.32 Å². The first kappa shape index (κ1) is 11.6. The Morgan fingerprint density at radius 1 is 1.38 bits per heavy atom. The average molecular weight is 222 g/mol. The lowest BCUT2D eigenvalue weighted by atomic mass is 9.83. The quantitative estimate of drug-likeness (QED) is 0.843. The van der Waals surface area contributed by atoms with Crippen LogP contribution < -0.4 is 5.32 Å². The van der Waals surface area contributed by atoms with Gasteiger partial charge in [0.1, 0.15) is 6.33 Å². The number of nitrogens with zero attached hydrogens (tertiary/aromatic N) is 3. The van der Waals surface area contributed by atoms with Crippen LogP contribution in [0, 0.1) is 11.8 Å². The van der Waals surface area contributed by atoms with E-state index in [4.69, 9.17) is 0 Å². The molecule has 90 valence electrons. The first-order valence-electron chi connectivity index (χ1n) is 6.29. The zero-order valence-corrected chi connectivity index (χ0v) is 10.3. The van der Waals surface area contributed by atoms with Crippen molar-refractivity contribution in [1.29, 1.82) is 0 Å². The molecular weight excluding hydrogens is 200 g/mol. The van der Waals surface area contributed by atoms with Crippen molar-refractivity contribution in [3.8, 4) is 0 Å². The third kappa shape index (κ3) is 3.30. The third-order valence-electron chi connectivity index (χ3n) is 3.50. The highest BCUT2D eigenvalue weighted by Crippen LogP contribution is 2.27. The fraction of sp³-hybridized carbons (Fsp3) is 0.833. The van der Waals surface area contributed by atoms with Crippen molar-refractivity contribution in [2.45, 2.75) is 39.2 Å². The molecular formula is C12H22N4. The summed E-state index contributed by atoms with van der Waals surface area (Å²) in [5.74, 6) is 2.69. The minimum Gasteiger partial charge on any atom is -0.310 e. The van der Waals surface area contributed by atoms with E-state index in [0.717, 1.165) is 30.7 Å². The third-order valence-corrected chi connectivity index (χ3v) is 3.50. The predicted molar refractivity (Wildman–Crippen MR) is 63.8 cm³/mol. The molecule has 0 bridgehead atoms. The minimum absolute atomic E-state index is 0.799. The maximum Gasteiger partial charge on any atom is 0.164 e. The van der Waals surface area contributed by atoms with Crippen LogP contribution >= 0.6 is 0 Å². The molecule has 1 aliphatic rings. The Labute approximate surface area is 97.5 Å². The first-order valence-corrected chi connectivity index (χ1v) is 6.29. The predicted octanol–water partition coefficient (Wildman–Crippen LogP) is 1.73. The number of aromatic nitrogens is 3. The number of nitrogens with one attached hydrogen (secondary N) is 1. The van der Waals surface area contributed by atoms with Gasteiger partial charge >= 0.3 is 0 Å². The van der Waals surface area contributed by atoms with Crippen LogP contribution in [0.15, 0.2) is 6.33 Å². The van der Waals surface area contributed by atoms with Crippen molar-refractivity contribution in [3.05, 3.63) is 12.2 Å². The van der Waals surface area contributed by atoms with Crippen molar-refractivity contribution in [3.63, 3.8) is 0 Å². The Balaban J connectivity index is 1.64. The smallest absolute Gasteiger partial charge is 0.164 e. The molecule has 0 atom stereocenters. The van der Waals surface area contributed by atoms with Gasteiger partial charge in [0.15, 0.2) is 5.82 Å². The summed E-state index contributed by atoms with van der Waals surface area (Å²) in [6, 6.07) is 0. The lowest BCUT2D eigenvalue weighted by Crippen LogP contribution is -2.26. The minimum atomic E-state index is 0.799. The van der Waals surface area contributed by atoms with E-state index in [9.17, 15) is 0 Å². The summed E-state index contributed by atoms with van der Waals surface area (Å²) in [6.45, 7) is 4.28. The van der Waals surface area contributed by atoms with Crippen molar-refractivity contribution < 1.29 is 0 Å². The molecule has 1 aromatic rings. The van der Waals surface area contributed by atoms with Gasteiger partial charge in [0, 0.05) is 7.05 Å². The van der Waals surface area contributed by atoms with Crippen molar-refractivity contribution in [1.82, 2.24) is 20.1 Å². The maximum absolute atomic E-state index is 4.25. The lowest BCUT2D eigenvalue weighted by molar-refractivity contribution is 0.281. The number of rotatable bonds is 4. The lowest BCUT2D eigenvalue weighted by Gasteiger charge is -2.26. The molecule has 1 aliphatic carbocycles. The summed E-state index contributed by atoms with van der Waals surface area (Å²) in [7, 11) is 1.90. The fourth-order valence-corrected chi connectivity index (χ4v) is 2.39. The highest BCUT2D eigenvalue weighted by atomic mass is 15.3. The molecule has 16 heavy (non-hydrogen) atoms. The van der Waals surface area contributed by atoms with E-state index in [0.29, 0.717) is 0 Å². The van der Waals surface area contributed by atoms with E-state index < -0.39 is 0 Å². The Kier molecular flexibility index (Phi) is 3.93. The van der Waals surface area contributed by atoms with Gasteiger partial charge in [-0.05, 0) is 31.2 Å². The fourth-order valence-electron chi connectivity index (χ4n) is 2.39. The van der Waals surface area contributed by atoms with E-state index in [1.807, 2.05) is 7.05 Å². The highest BCUT2D eigenvalue weighted by Gasteiger charge is 2.17. The second-order valence-corrected chi connectivity index (χ2v) is 5.09. The monoisotopic (exact) mass is 222 g/mol. The van der Waals surface area contributed by atoms with Crippen molar-refractivity contribution in [2.24, 2.45) is 18.9 Å². The molecule has 0 amide bonds. The molecule has 0 spiro atoms. The summed E-state index contributed by atoms with van der Waals surface area (Å²) < 4.78 is 1.75. The average Bonchev–Trinajstić information content (AvgIpc) is 2.67. The number of hydrogen-bond donors (Lipinski definition) is 1. The highest BCUT2D eigenvalue weighted by molar-refractivity contribution is 4.81. The Bertz CT molecular complexity index is 313. The van der Waals surface area contributed by atoms with Gasteiger partial charge in [-0.3, -0.25) is 4.68 Å². The Hall–Kier alpha value is -0.900. The summed E-state index contributed by atoms with van der Waals surface area (Å²) >= 11 is 0. The van der Waals surface area contributed by atoms with Gasteiger partial charge in [0.25, 0.3) is 0 Å². The number of aryl methyl sites for hydroxylation is 1. The van der Waals surface area contributed by atoms with Gasteiger partial charge in [-0.1, -0.05) is 19.8 Å². The van der Waals surface area contributed by atoms with Gasteiger partial charge in [-0.2, -0.15) is 5.10 Å². The number of hydrogen-bond acceptors (Lipinski definition) is 3. The normalized spacial score (nSPS) is 25.9. The van der Waals surface area contributed by atoms with E-state index in [1.165, 1.54) is 25.7 Å². The summed E-state index contributed by atoms with van der Waals surface area (Å²) in [5.41, 5.74) is 0. The van der Waals surface area contributed by atoms with Gasteiger partial charge in [-0.25, -0.2) is 4.98 Å². The molecule has 4 nitrogen and oxygen atoms in total. The standard InChI is InChI=1S/C12H22N4/c1-10-3-5-11(6-4-10)7-13-8-12-14-9-16(2)15-12/h9-11,13H,3-8H2,1-2H3. The van der Waals surface area contributed by atoms with Crippen LogP contribution in [0.1, 0.15) is 38.4 Å². The molecule has 0 saturated heterocycles. The van der Waals surface area contributed by atoms with Gasteiger partial charge in [-0.15, -0.1) is 0 Å². The van der Waals surface area contributed by atoms with E-state index in [1.54, 1.807) is 11.0 Å². The van der Waals surface area contributed by atoms with Crippen LogP contribution in [0.5, 0.6) is 0 Å². The van der Waals surface area contributed by atoms with E-state index in [-0.39, 0.29) is 0 Å². The second-order valence-electron chi connectivity index (χ2n) is 5.09. The molecule has 0 radical (unpaired) electrons. The van der Waals surface area contributed by atoms with Crippen LogP contribution in [0.4, 0.5) is 0 Å². The summed E-state index contributed by atoms with van der Waals surface area (Å²) in [5, 5.41) is 7.71. The molecule has 0 aromatic carbocycles. The second kappa shape index (κ2) is 5.43. The SMILES string of the molecule is CC1CCC(CNCc2ncn(C)n2)CC1. The molecule has 1 saturated carbocycles. The van der Waals surface area contributed by atoms with Crippen molar-refractivity contribution >= 4 is 0 Å². The van der Waals surface area contributed by atoms with Crippen LogP contribution in [-0.4, -0.2) is 21.3 Å². The maximum atomic E-state index is 4.25. The molecule has 4 heteroatoms. The largest absolute Gasteiger partial charge is 0.310 e. The van der Waals surface area contributed by atoms with Crippen LogP contribution in [-0.2, 0) is 13.6 Å².